The number of carboxylic acid groups (broad SMARTS) is 1. The molecule has 1 N–H and O–H groups in total. The number of hydrogen-bond donors (Lipinski definition) is 1. The van der Waals surface area contributed by atoms with Gasteiger partial charge in [-0.2, -0.15) is 0 Å². The molecule has 1 atom stereocenters. The number of anilines is 1. The van der Waals surface area contributed by atoms with Crippen LogP contribution in [0.5, 0.6) is 0 Å². The summed E-state index contributed by atoms with van der Waals surface area (Å²) in [7, 11) is 1.90. The van der Waals surface area contributed by atoms with Gasteiger partial charge in [-0.25, -0.2) is 0 Å². The number of aromatic nitrogens is 1. The molecule has 0 fully saturated rings. The van der Waals surface area contributed by atoms with E-state index in [-0.39, 0.29) is 12.5 Å². The molecule has 0 aliphatic carbocycles. The first-order valence-electron chi connectivity index (χ1n) is 7.75. The van der Waals surface area contributed by atoms with Crippen LogP contribution >= 0.6 is 0 Å². The Morgan fingerprint density at radius 3 is 2.58 bits per heavy atom. The molecule has 0 unspecified atom stereocenters. The first-order chi connectivity index (χ1) is 11.6. The van der Waals surface area contributed by atoms with Crippen LogP contribution < -0.4 is 4.90 Å². The summed E-state index contributed by atoms with van der Waals surface area (Å²) >= 11 is 0. The summed E-state index contributed by atoms with van der Waals surface area (Å²) in [4.78, 5) is 26.2. The highest BCUT2D eigenvalue weighted by Gasteiger charge is 2.37. The molecular formula is C19H16N2O3. The summed E-state index contributed by atoms with van der Waals surface area (Å²) in [6.07, 6.45) is 1.81. The van der Waals surface area contributed by atoms with Gasteiger partial charge in [-0.15, -0.1) is 0 Å². The van der Waals surface area contributed by atoms with Crippen molar-refractivity contribution in [3.8, 4) is 0 Å². The number of rotatable bonds is 2. The number of benzene rings is 2. The zero-order valence-corrected chi connectivity index (χ0v) is 13.1. The minimum absolute atomic E-state index is 0.163. The van der Waals surface area contributed by atoms with Crippen molar-refractivity contribution in [2.75, 3.05) is 11.4 Å². The van der Waals surface area contributed by atoms with Gasteiger partial charge in [0.15, 0.2) is 0 Å². The maximum atomic E-state index is 13.1. The fraction of sp³-hybridized carbons (Fsp3) is 0.158. The third kappa shape index (κ3) is 2.01. The minimum atomic E-state index is -0.907. The Morgan fingerprint density at radius 1 is 1.08 bits per heavy atom. The minimum Gasteiger partial charge on any atom is -0.481 e. The second-order valence-electron chi connectivity index (χ2n) is 6.04. The quantitative estimate of drug-likeness (QED) is 0.789. The van der Waals surface area contributed by atoms with Crippen molar-refractivity contribution in [3.05, 3.63) is 65.9 Å². The number of nitrogens with zero attached hydrogens (tertiary/aromatic N) is 2. The van der Waals surface area contributed by atoms with Gasteiger partial charge in [0, 0.05) is 36.4 Å². The smallest absolute Gasteiger partial charge is 0.312 e. The topological polar surface area (TPSA) is 62.5 Å². The van der Waals surface area contributed by atoms with Crippen LogP contribution in [0.3, 0.4) is 0 Å². The van der Waals surface area contributed by atoms with Crippen LogP contribution in [-0.2, 0) is 11.8 Å². The van der Waals surface area contributed by atoms with Crippen molar-refractivity contribution < 1.29 is 14.7 Å². The molecule has 2 aromatic carbocycles. The zero-order valence-electron chi connectivity index (χ0n) is 13.1. The highest BCUT2D eigenvalue weighted by molar-refractivity contribution is 6.15. The fourth-order valence-electron chi connectivity index (χ4n) is 3.47. The largest absolute Gasteiger partial charge is 0.481 e. The van der Waals surface area contributed by atoms with Gasteiger partial charge in [0.2, 0.25) is 0 Å². The lowest BCUT2D eigenvalue weighted by atomic mass is 10.0. The van der Waals surface area contributed by atoms with E-state index in [9.17, 15) is 14.7 Å². The van der Waals surface area contributed by atoms with Crippen molar-refractivity contribution in [3.63, 3.8) is 0 Å². The molecule has 0 bridgehead atoms. The van der Waals surface area contributed by atoms with E-state index in [0.717, 1.165) is 10.9 Å². The van der Waals surface area contributed by atoms with E-state index in [2.05, 4.69) is 0 Å². The van der Waals surface area contributed by atoms with E-state index in [1.54, 1.807) is 23.1 Å². The van der Waals surface area contributed by atoms with Gasteiger partial charge < -0.3 is 14.6 Å². The highest BCUT2D eigenvalue weighted by Crippen LogP contribution is 2.37. The van der Waals surface area contributed by atoms with Gasteiger partial charge in [0.05, 0.1) is 5.56 Å². The van der Waals surface area contributed by atoms with Crippen LogP contribution in [0, 0.1) is 0 Å². The van der Waals surface area contributed by atoms with Crippen LogP contribution in [0.1, 0.15) is 21.8 Å². The SMILES string of the molecule is Cn1cc(C(=O)N2C[C@@H](C(=O)O)c3ccccc32)c2ccccc21. The summed E-state index contributed by atoms with van der Waals surface area (Å²) in [6, 6.07) is 14.9. The molecule has 1 aliphatic heterocycles. The molecule has 120 valence electrons. The lowest BCUT2D eigenvalue weighted by Crippen LogP contribution is -2.31. The summed E-state index contributed by atoms with van der Waals surface area (Å²) in [6.45, 7) is 0.163. The van der Waals surface area contributed by atoms with E-state index >= 15 is 0 Å². The van der Waals surface area contributed by atoms with Gasteiger partial charge in [0.25, 0.3) is 5.91 Å². The standard InChI is InChI=1S/C19H16N2O3/c1-20-10-14(12-6-2-4-8-16(12)20)18(22)21-11-15(19(23)24)13-7-3-5-9-17(13)21/h2-10,15H,11H2,1H3,(H,23,24)/t15-/m1/s1. The molecule has 0 saturated carbocycles. The molecule has 0 spiro atoms. The Morgan fingerprint density at radius 2 is 1.79 bits per heavy atom. The van der Waals surface area contributed by atoms with Crippen LogP contribution in [0.2, 0.25) is 0 Å². The maximum Gasteiger partial charge on any atom is 0.312 e. The molecule has 24 heavy (non-hydrogen) atoms. The van der Waals surface area contributed by atoms with E-state index in [1.807, 2.05) is 48.1 Å². The molecule has 1 amide bonds. The van der Waals surface area contributed by atoms with Gasteiger partial charge >= 0.3 is 5.97 Å². The monoisotopic (exact) mass is 320 g/mol. The summed E-state index contributed by atoms with van der Waals surface area (Å²) in [5, 5.41) is 10.3. The predicted molar refractivity (Wildman–Crippen MR) is 91.4 cm³/mol. The molecular weight excluding hydrogens is 304 g/mol. The molecule has 0 radical (unpaired) electrons. The average Bonchev–Trinajstić information content (AvgIpc) is 3.14. The van der Waals surface area contributed by atoms with Gasteiger partial charge in [-0.1, -0.05) is 36.4 Å². The Hall–Kier alpha value is -3.08. The van der Waals surface area contributed by atoms with Crippen molar-refractivity contribution in [1.82, 2.24) is 4.57 Å². The van der Waals surface area contributed by atoms with Crippen molar-refractivity contribution in [1.29, 1.82) is 0 Å². The summed E-state index contributed by atoms with van der Waals surface area (Å²) in [5.41, 5.74) is 2.94. The first-order valence-corrected chi connectivity index (χ1v) is 7.75. The maximum absolute atomic E-state index is 13.1. The Bertz CT molecular complexity index is 974. The molecule has 0 saturated heterocycles. The Labute approximate surface area is 138 Å². The number of hydrogen-bond acceptors (Lipinski definition) is 2. The molecule has 4 rings (SSSR count). The number of carbonyl (C=O) groups is 2. The van der Waals surface area contributed by atoms with E-state index in [1.165, 1.54) is 0 Å². The lowest BCUT2D eigenvalue weighted by molar-refractivity contribution is -0.138. The Kier molecular flexibility index (Phi) is 3.16. The normalized spacial score (nSPS) is 16.4. The van der Waals surface area contributed by atoms with Crippen molar-refractivity contribution in [2.45, 2.75) is 5.92 Å². The van der Waals surface area contributed by atoms with E-state index < -0.39 is 11.9 Å². The van der Waals surface area contributed by atoms with E-state index in [0.29, 0.717) is 16.8 Å². The summed E-state index contributed by atoms with van der Waals surface area (Å²) in [5.74, 6) is -1.75. The number of carboxylic acids is 1. The van der Waals surface area contributed by atoms with Crippen LogP contribution in [0.4, 0.5) is 5.69 Å². The van der Waals surface area contributed by atoms with Gasteiger partial charge in [-0.05, 0) is 17.7 Å². The molecule has 2 heterocycles. The van der Waals surface area contributed by atoms with Crippen LogP contribution in [0.15, 0.2) is 54.7 Å². The predicted octanol–water partition coefficient (Wildman–Crippen LogP) is 3.01. The summed E-state index contributed by atoms with van der Waals surface area (Å²) < 4.78 is 1.92. The molecule has 1 aromatic heterocycles. The zero-order chi connectivity index (χ0) is 16.8. The van der Waals surface area contributed by atoms with Crippen LogP contribution in [0.25, 0.3) is 10.9 Å². The van der Waals surface area contributed by atoms with E-state index in [4.69, 9.17) is 0 Å². The molecule has 1 aliphatic rings. The fourth-order valence-corrected chi connectivity index (χ4v) is 3.47. The number of amides is 1. The molecule has 3 aromatic rings. The van der Waals surface area contributed by atoms with Crippen molar-refractivity contribution in [2.24, 2.45) is 7.05 Å². The number of aryl methyl sites for hydroxylation is 1. The molecule has 5 nitrogen and oxygen atoms in total. The third-order valence-electron chi connectivity index (χ3n) is 4.64. The third-order valence-corrected chi connectivity index (χ3v) is 4.64. The number of fused-ring (bicyclic) bond motifs is 2. The van der Waals surface area contributed by atoms with Crippen LogP contribution in [-0.4, -0.2) is 28.1 Å². The molecule has 5 heteroatoms. The second kappa shape index (κ2) is 5.23. The number of para-hydroxylation sites is 2. The second-order valence-corrected chi connectivity index (χ2v) is 6.04. The average molecular weight is 320 g/mol. The highest BCUT2D eigenvalue weighted by atomic mass is 16.4. The van der Waals surface area contributed by atoms with Crippen molar-refractivity contribution >= 4 is 28.5 Å². The number of carbonyl (C=O) groups excluding carboxylic acids is 1. The van der Waals surface area contributed by atoms with Gasteiger partial charge in [0.1, 0.15) is 5.92 Å². The number of aliphatic carboxylic acids is 1. The lowest BCUT2D eigenvalue weighted by Gasteiger charge is -2.17. The Balaban J connectivity index is 1.82. The first kappa shape index (κ1) is 14.5. The van der Waals surface area contributed by atoms with Gasteiger partial charge in [-0.3, -0.25) is 9.59 Å².